The van der Waals surface area contributed by atoms with Crippen molar-refractivity contribution in [3.05, 3.63) is 53.7 Å². The number of alkyl halides is 3. The zero-order chi connectivity index (χ0) is 19.3. The molecule has 1 saturated heterocycles. The van der Waals surface area contributed by atoms with Crippen LogP contribution in [0.2, 0.25) is 0 Å². The maximum absolute atomic E-state index is 12.5. The van der Waals surface area contributed by atoms with Crippen LogP contribution in [0.3, 0.4) is 0 Å². The van der Waals surface area contributed by atoms with Gasteiger partial charge in [-0.3, -0.25) is 0 Å². The second-order valence-corrected chi connectivity index (χ2v) is 6.42. The summed E-state index contributed by atoms with van der Waals surface area (Å²) in [6, 6.07) is 8.23. The molecule has 1 aliphatic heterocycles. The van der Waals surface area contributed by atoms with E-state index in [1.54, 1.807) is 12.3 Å². The summed E-state index contributed by atoms with van der Waals surface area (Å²) in [6.07, 6.45) is 0.0574. The van der Waals surface area contributed by atoms with E-state index in [9.17, 15) is 18.0 Å². The Hall–Kier alpha value is -2.77. The first-order valence-electron chi connectivity index (χ1n) is 8.84. The molecule has 5 nitrogen and oxygen atoms in total. The summed E-state index contributed by atoms with van der Waals surface area (Å²) in [5.74, 6) is 0.903. The van der Waals surface area contributed by atoms with E-state index in [0.717, 1.165) is 36.6 Å². The fourth-order valence-corrected chi connectivity index (χ4v) is 2.95. The number of anilines is 2. The van der Waals surface area contributed by atoms with Crippen LogP contribution in [0.4, 0.5) is 29.5 Å². The number of nitrogens with zero attached hydrogens (tertiary/aromatic N) is 2. The third-order valence-corrected chi connectivity index (χ3v) is 4.42. The molecule has 0 spiro atoms. The van der Waals surface area contributed by atoms with Crippen LogP contribution in [0.25, 0.3) is 0 Å². The smallest absolute Gasteiger partial charge is 0.357 e. The van der Waals surface area contributed by atoms with E-state index in [1.165, 1.54) is 25.0 Å². The molecular formula is C19H21F3N4O. The van der Waals surface area contributed by atoms with Crippen molar-refractivity contribution in [2.75, 3.05) is 29.9 Å². The Bertz CT molecular complexity index is 754. The third kappa shape index (κ3) is 5.35. The van der Waals surface area contributed by atoms with Gasteiger partial charge in [-0.05, 0) is 49.1 Å². The Balaban J connectivity index is 1.43. The zero-order valence-corrected chi connectivity index (χ0v) is 14.7. The van der Waals surface area contributed by atoms with E-state index in [-0.39, 0.29) is 6.03 Å². The standard InChI is InChI=1S/C19H21F3N4O/c20-19(21,22)15-5-3-14(4-6-15)9-10-23-18(27)25-16-7-8-17(24-13-16)26-11-1-2-12-26/h3-8,13H,1-2,9-12H2,(H2,23,25,27). The topological polar surface area (TPSA) is 57.3 Å². The molecule has 0 bridgehead atoms. The summed E-state index contributed by atoms with van der Waals surface area (Å²) in [7, 11) is 0. The summed E-state index contributed by atoms with van der Waals surface area (Å²) < 4.78 is 37.6. The van der Waals surface area contributed by atoms with Crippen molar-refractivity contribution >= 4 is 17.5 Å². The molecule has 1 aliphatic rings. The molecule has 144 valence electrons. The number of amides is 2. The third-order valence-electron chi connectivity index (χ3n) is 4.42. The highest BCUT2D eigenvalue weighted by Gasteiger charge is 2.29. The number of benzene rings is 1. The van der Waals surface area contributed by atoms with Crippen molar-refractivity contribution < 1.29 is 18.0 Å². The molecule has 2 N–H and O–H groups in total. The molecule has 1 fully saturated rings. The van der Waals surface area contributed by atoms with Gasteiger partial charge in [0, 0.05) is 19.6 Å². The maximum atomic E-state index is 12.5. The monoisotopic (exact) mass is 378 g/mol. The average molecular weight is 378 g/mol. The summed E-state index contributed by atoms with van der Waals surface area (Å²) >= 11 is 0. The molecule has 2 heterocycles. The molecule has 27 heavy (non-hydrogen) atoms. The second kappa shape index (κ2) is 8.28. The van der Waals surface area contributed by atoms with Gasteiger partial charge in [-0.1, -0.05) is 12.1 Å². The summed E-state index contributed by atoms with van der Waals surface area (Å²) in [5.41, 5.74) is 0.631. The first-order chi connectivity index (χ1) is 12.9. The van der Waals surface area contributed by atoms with Gasteiger partial charge in [0.15, 0.2) is 0 Å². The van der Waals surface area contributed by atoms with Crippen molar-refractivity contribution in [3.8, 4) is 0 Å². The van der Waals surface area contributed by atoms with Crippen LogP contribution < -0.4 is 15.5 Å². The molecule has 0 atom stereocenters. The highest BCUT2D eigenvalue weighted by atomic mass is 19.4. The molecule has 2 amide bonds. The van der Waals surface area contributed by atoms with Gasteiger partial charge in [-0.15, -0.1) is 0 Å². The van der Waals surface area contributed by atoms with Crippen molar-refractivity contribution in [1.82, 2.24) is 10.3 Å². The first-order valence-corrected chi connectivity index (χ1v) is 8.84. The normalized spacial score (nSPS) is 14.3. The lowest BCUT2D eigenvalue weighted by atomic mass is 10.1. The number of hydrogen-bond donors (Lipinski definition) is 2. The lowest BCUT2D eigenvalue weighted by molar-refractivity contribution is -0.137. The number of hydrogen-bond acceptors (Lipinski definition) is 3. The maximum Gasteiger partial charge on any atom is 0.416 e. The molecular weight excluding hydrogens is 357 g/mol. The molecule has 0 saturated carbocycles. The van der Waals surface area contributed by atoms with E-state index >= 15 is 0 Å². The van der Waals surface area contributed by atoms with Crippen molar-refractivity contribution in [1.29, 1.82) is 0 Å². The van der Waals surface area contributed by atoms with Gasteiger partial charge in [0.25, 0.3) is 0 Å². The molecule has 0 radical (unpaired) electrons. The predicted octanol–water partition coefficient (Wildman–Crippen LogP) is 4.06. The highest BCUT2D eigenvalue weighted by molar-refractivity contribution is 5.89. The van der Waals surface area contributed by atoms with Crippen molar-refractivity contribution in [3.63, 3.8) is 0 Å². The minimum Gasteiger partial charge on any atom is -0.357 e. The number of nitrogens with one attached hydrogen (secondary N) is 2. The molecule has 0 aliphatic carbocycles. The largest absolute Gasteiger partial charge is 0.416 e. The van der Waals surface area contributed by atoms with E-state index in [2.05, 4.69) is 20.5 Å². The zero-order valence-electron chi connectivity index (χ0n) is 14.7. The summed E-state index contributed by atoms with van der Waals surface area (Å²) in [5, 5.41) is 5.38. The number of pyridine rings is 1. The molecule has 1 aromatic heterocycles. The fourth-order valence-electron chi connectivity index (χ4n) is 2.95. The van der Waals surface area contributed by atoms with Crippen molar-refractivity contribution in [2.24, 2.45) is 0 Å². The number of carbonyl (C=O) groups excluding carboxylic acids is 1. The van der Waals surface area contributed by atoms with E-state index in [4.69, 9.17) is 0 Å². The summed E-state index contributed by atoms with van der Waals surface area (Å²) in [6.45, 7) is 2.32. The van der Waals surface area contributed by atoms with E-state index in [1.807, 2.05) is 6.07 Å². The van der Waals surface area contributed by atoms with Gasteiger partial charge in [-0.2, -0.15) is 13.2 Å². The van der Waals surface area contributed by atoms with Crippen LogP contribution in [0.15, 0.2) is 42.6 Å². The molecule has 1 aromatic carbocycles. The first kappa shape index (κ1) is 19.0. The Morgan fingerprint density at radius 3 is 2.37 bits per heavy atom. The summed E-state index contributed by atoms with van der Waals surface area (Å²) in [4.78, 5) is 18.5. The molecule has 8 heteroatoms. The van der Waals surface area contributed by atoms with Gasteiger partial charge in [0.1, 0.15) is 5.82 Å². The van der Waals surface area contributed by atoms with E-state index < -0.39 is 11.7 Å². The van der Waals surface area contributed by atoms with Gasteiger partial charge in [-0.25, -0.2) is 9.78 Å². The number of carbonyl (C=O) groups is 1. The van der Waals surface area contributed by atoms with Gasteiger partial charge >= 0.3 is 12.2 Å². The number of halogens is 3. The second-order valence-electron chi connectivity index (χ2n) is 6.42. The Kier molecular flexibility index (Phi) is 5.83. The highest BCUT2D eigenvalue weighted by Crippen LogP contribution is 2.29. The Morgan fingerprint density at radius 2 is 1.78 bits per heavy atom. The molecule has 3 rings (SSSR count). The minimum absolute atomic E-state index is 0.316. The van der Waals surface area contributed by atoms with Gasteiger partial charge in [0.05, 0.1) is 17.4 Å². The lowest BCUT2D eigenvalue weighted by Crippen LogP contribution is -2.30. The quantitative estimate of drug-likeness (QED) is 0.825. The van der Waals surface area contributed by atoms with Crippen LogP contribution in [0.1, 0.15) is 24.0 Å². The number of rotatable bonds is 5. The van der Waals surface area contributed by atoms with Crippen LogP contribution in [0, 0.1) is 0 Å². The predicted molar refractivity (Wildman–Crippen MR) is 97.9 cm³/mol. The number of aromatic nitrogens is 1. The van der Waals surface area contributed by atoms with Crippen LogP contribution in [-0.2, 0) is 12.6 Å². The Labute approximate surface area is 155 Å². The number of urea groups is 1. The average Bonchev–Trinajstić information content (AvgIpc) is 3.17. The fraction of sp³-hybridized carbons (Fsp3) is 0.368. The van der Waals surface area contributed by atoms with Gasteiger partial charge < -0.3 is 15.5 Å². The minimum atomic E-state index is -4.34. The van der Waals surface area contributed by atoms with E-state index in [0.29, 0.717) is 18.7 Å². The Morgan fingerprint density at radius 1 is 1.07 bits per heavy atom. The van der Waals surface area contributed by atoms with Crippen LogP contribution >= 0.6 is 0 Å². The lowest BCUT2D eigenvalue weighted by Gasteiger charge is -2.16. The van der Waals surface area contributed by atoms with Crippen molar-refractivity contribution in [2.45, 2.75) is 25.4 Å². The van der Waals surface area contributed by atoms with Crippen LogP contribution in [-0.4, -0.2) is 30.6 Å². The molecule has 0 unspecified atom stereocenters. The SMILES string of the molecule is O=C(NCCc1ccc(C(F)(F)F)cc1)Nc1ccc(N2CCCC2)nc1. The molecule has 2 aromatic rings. The van der Waals surface area contributed by atoms with Crippen LogP contribution in [0.5, 0.6) is 0 Å². The van der Waals surface area contributed by atoms with Gasteiger partial charge in [0.2, 0.25) is 0 Å².